The van der Waals surface area contributed by atoms with Crippen molar-refractivity contribution in [3.8, 4) is 11.5 Å². The number of hydrogen-bond donors (Lipinski definition) is 3. The molecule has 17 heavy (non-hydrogen) atoms. The maximum atomic E-state index is 9.16. The molecule has 5 heteroatoms. The molecule has 0 spiro atoms. The van der Waals surface area contributed by atoms with Crippen LogP contribution in [0.3, 0.4) is 0 Å². The monoisotopic (exact) mass is 238 g/mol. The van der Waals surface area contributed by atoms with Crippen LogP contribution in [-0.2, 0) is 0 Å². The fourth-order valence-corrected chi connectivity index (χ4v) is 2.10. The van der Waals surface area contributed by atoms with Crippen LogP contribution in [0.25, 0.3) is 0 Å². The van der Waals surface area contributed by atoms with Crippen molar-refractivity contribution in [3.05, 3.63) is 23.3 Å². The van der Waals surface area contributed by atoms with Gasteiger partial charge in [0.25, 0.3) is 0 Å². The quantitative estimate of drug-likeness (QED) is 0.703. The summed E-state index contributed by atoms with van der Waals surface area (Å²) in [4.78, 5) is 0. The van der Waals surface area contributed by atoms with E-state index in [4.69, 9.17) is 20.3 Å². The van der Waals surface area contributed by atoms with Gasteiger partial charge >= 0.3 is 0 Å². The van der Waals surface area contributed by atoms with Gasteiger partial charge in [-0.25, -0.2) is 0 Å². The van der Waals surface area contributed by atoms with Gasteiger partial charge in [-0.15, -0.1) is 0 Å². The maximum Gasteiger partial charge on any atom is 0.231 e. The number of fused-ring (bicyclic) bond motifs is 1. The molecule has 94 valence electrons. The summed E-state index contributed by atoms with van der Waals surface area (Å²) in [5.41, 5.74) is 7.98. The molecule has 0 saturated heterocycles. The summed E-state index contributed by atoms with van der Waals surface area (Å²) in [6, 6.07) is 3.41. The van der Waals surface area contributed by atoms with Crippen LogP contribution in [-0.4, -0.2) is 31.6 Å². The van der Waals surface area contributed by atoms with Crippen LogP contribution in [0.5, 0.6) is 11.5 Å². The third-order valence-corrected chi connectivity index (χ3v) is 3.05. The fourth-order valence-electron chi connectivity index (χ4n) is 2.10. The summed E-state index contributed by atoms with van der Waals surface area (Å²) in [7, 11) is 1.82. The van der Waals surface area contributed by atoms with Crippen LogP contribution in [0.15, 0.2) is 12.1 Å². The number of aliphatic hydroxyl groups is 1. The standard InChI is InChI=1S/C12H18N2O3/c1-7-3-10-11(17-6-16-10)4-8(7)12(14-2)9(13)5-15/h3-4,9,12,14-15H,5-6,13H2,1-2H3. The molecule has 5 nitrogen and oxygen atoms in total. The van der Waals surface area contributed by atoms with Gasteiger partial charge in [-0.05, 0) is 37.2 Å². The van der Waals surface area contributed by atoms with Gasteiger partial charge in [-0.2, -0.15) is 0 Å². The van der Waals surface area contributed by atoms with Crippen molar-refractivity contribution in [2.75, 3.05) is 20.4 Å². The molecule has 2 rings (SSSR count). The van der Waals surface area contributed by atoms with Crippen LogP contribution < -0.4 is 20.5 Å². The van der Waals surface area contributed by atoms with Gasteiger partial charge in [-0.3, -0.25) is 0 Å². The molecular weight excluding hydrogens is 220 g/mol. The molecule has 2 unspecified atom stereocenters. The van der Waals surface area contributed by atoms with Gasteiger partial charge < -0.3 is 25.6 Å². The second-order valence-corrected chi connectivity index (χ2v) is 4.17. The maximum absolute atomic E-state index is 9.16. The molecule has 0 aromatic heterocycles. The van der Waals surface area contributed by atoms with Crippen LogP contribution in [0.4, 0.5) is 0 Å². The molecule has 0 aliphatic carbocycles. The van der Waals surface area contributed by atoms with E-state index in [1.54, 1.807) is 0 Å². The predicted octanol–water partition coefficient (Wildman–Crippen LogP) is 0.304. The van der Waals surface area contributed by atoms with Crippen molar-refractivity contribution in [2.45, 2.75) is 19.0 Å². The normalized spacial score (nSPS) is 16.9. The predicted molar refractivity (Wildman–Crippen MR) is 64.2 cm³/mol. The minimum Gasteiger partial charge on any atom is -0.454 e. The zero-order valence-corrected chi connectivity index (χ0v) is 10.1. The highest BCUT2D eigenvalue weighted by Crippen LogP contribution is 2.36. The lowest BCUT2D eigenvalue weighted by molar-refractivity contribution is 0.174. The summed E-state index contributed by atoms with van der Waals surface area (Å²) in [5, 5.41) is 12.3. The highest BCUT2D eigenvalue weighted by Gasteiger charge is 2.23. The van der Waals surface area contributed by atoms with Crippen molar-refractivity contribution >= 4 is 0 Å². The van der Waals surface area contributed by atoms with E-state index < -0.39 is 0 Å². The Labute approximate surface area is 101 Å². The van der Waals surface area contributed by atoms with Gasteiger partial charge in [0.2, 0.25) is 6.79 Å². The van der Waals surface area contributed by atoms with Gasteiger partial charge in [0.1, 0.15) is 0 Å². The smallest absolute Gasteiger partial charge is 0.231 e. The topological polar surface area (TPSA) is 76.7 Å². The largest absolute Gasteiger partial charge is 0.454 e. The first-order valence-corrected chi connectivity index (χ1v) is 5.61. The average Bonchev–Trinajstić information content (AvgIpc) is 2.76. The number of ether oxygens (including phenoxy) is 2. The average molecular weight is 238 g/mol. The molecule has 0 amide bonds. The highest BCUT2D eigenvalue weighted by atomic mass is 16.7. The lowest BCUT2D eigenvalue weighted by Crippen LogP contribution is -2.39. The summed E-state index contributed by atoms with van der Waals surface area (Å²) in [6.07, 6.45) is 0. The van der Waals surface area contributed by atoms with Crippen LogP contribution in [0.2, 0.25) is 0 Å². The molecule has 4 N–H and O–H groups in total. The number of aliphatic hydroxyl groups excluding tert-OH is 1. The number of aryl methyl sites for hydroxylation is 1. The number of nitrogens with one attached hydrogen (secondary N) is 1. The Morgan fingerprint density at radius 3 is 2.65 bits per heavy atom. The van der Waals surface area contributed by atoms with Gasteiger partial charge in [0, 0.05) is 12.1 Å². The van der Waals surface area contributed by atoms with Crippen molar-refractivity contribution in [2.24, 2.45) is 5.73 Å². The van der Waals surface area contributed by atoms with E-state index in [2.05, 4.69) is 5.32 Å². The Hall–Kier alpha value is -1.30. The third-order valence-electron chi connectivity index (χ3n) is 3.05. The Kier molecular flexibility index (Phi) is 3.51. The number of likely N-dealkylation sites (N-methyl/N-ethyl adjacent to an activating group) is 1. The van der Waals surface area contributed by atoms with Crippen molar-refractivity contribution in [3.63, 3.8) is 0 Å². The molecule has 1 aliphatic rings. The molecule has 0 radical (unpaired) electrons. The first-order chi connectivity index (χ1) is 8.17. The zero-order chi connectivity index (χ0) is 12.4. The lowest BCUT2D eigenvalue weighted by atomic mass is 9.95. The van der Waals surface area contributed by atoms with Crippen molar-refractivity contribution in [1.82, 2.24) is 5.32 Å². The van der Waals surface area contributed by atoms with Crippen LogP contribution in [0, 0.1) is 6.92 Å². The first kappa shape index (κ1) is 12.2. The van der Waals surface area contributed by atoms with Crippen molar-refractivity contribution < 1.29 is 14.6 Å². The summed E-state index contributed by atoms with van der Waals surface area (Å²) in [6.45, 7) is 2.18. The molecule has 0 fully saturated rings. The highest BCUT2D eigenvalue weighted by molar-refractivity contribution is 5.49. The molecule has 1 heterocycles. The minimum atomic E-state index is -0.348. The number of nitrogens with two attached hydrogens (primary N) is 1. The number of rotatable bonds is 4. The second kappa shape index (κ2) is 4.91. The molecule has 1 aromatic rings. The zero-order valence-electron chi connectivity index (χ0n) is 10.1. The molecule has 1 aromatic carbocycles. The minimum absolute atomic E-state index is 0.0701. The van der Waals surface area contributed by atoms with E-state index in [0.717, 1.165) is 22.6 Å². The van der Waals surface area contributed by atoms with Gasteiger partial charge in [-0.1, -0.05) is 0 Å². The van der Waals surface area contributed by atoms with E-state index in [1.165, 1.54) is 0 Å². The fraction of sp³-hybridized carbons (Fsp3) is 0.500. The Morgan fingerprint density at radius 1 is 1.41 bits per heavy atom. The molecule has 0 bridgehead atoms. The number of hydrogen-bond acceptors (Lipinski definition) is 5. The molecule has 1 aliphatic heterocycles. The molecule has 2 atom stereocenters. The summed E-state index contributed by atoms with van der Waals surface area (Å²) >= 11 is 0. The van der Waals surface area contributed by atoms with E-state index in [0.29, 0.717) is 0 Å². The van der Waals surface area contributed by atoms with E-state index in [-0.39, 0.29) is 25.5 Å². The second-order valence-electron chi connectivity index (χ2n) is 4.17. The van der Waals surface area contributed by atoms with E-state index in [1.807, 2.05) is 26.1 Å². The third kappa shape index (κ3) is 2.22. The van der Waals surface area contributed by atoms with E-state index >= 15 is 0 Å². The van der Waals surface area contributed by atoms with Gasteiger partial charge in [0.15, 0.2) is 11.5 Å². The SMILES string of the molecule is CNC(c1cc2c(cc1C)OCO2)C(N)CO. The lowest BCUT2D eigenvalue weighted by Gasteiger charge is -2.24. The van der Waals surface area contributed by atoms with Crippen molar-refractivity contribution in [1.29, 1.82) is 0 Å². The van der Waals surface area contributed by atoms with Crippen LogP contribution in [0.1, 0.15) is 17.2 Å². The Morgan fingerprint density at radius 2 is 2.06 bits per heavy atom. The summed E-state index contributed by atoms with van der Waals surface area (Å²) < 4.78 is 10.7. The molecule has 0 saturated carbocycles. The van der Waals surface area contributed by atoms with Crippen LogP contribution >= 0.6 is 0 Å². The van der Waals surface area contributed by atoms with Gasteiger partial charge in [0.05, 0.1) is 6.61 Å². The van der Waals surface area contributed by atoms with E-state index in [9.17, 15) is 0 Å². The molecular formula is C12H18N2O3. The first-order valence-electron chi connectivity index (χ1n) is 5.61. The summed E-state index contributed by atoms with van der Waals surface area (Å²) in [5.74, 6) is 1.50. The number of benzene rings is 1. The Balaban J connectivity index is 2.37. The Bertz CT molecular complexity index is 409.